The third-order valence-corrected chi connectivity index (χ3v) is 4.43. The maximum Gasteiger partial charge on any atom is 0.343 e. The summed E-state index contributed by atoms with van der Waals surface area (Å²) >= 11 is 5.26. The van der Waals surface area contributed by atoms with E-state index < -0.39 is 18.0 Å². The normalized spacial score (nSPS) is 16.1. The molecule has 0 aliphatic carbocycles. The van der Waals surface area contributed by atoms with Gasteiger partial charge in [-0.2, -0.15) is 0 Å². The van der Waals surface area contributed by atoms with Crippen LogP contribution in [0.2, 0.25) is 0 Å². The Morgan fingerprint density at radius 3 is 2.43 bits per heavy atom. The monoisotopic (exact) mass is 396 g/mol. The lowest BCUT2D eigenvalue weighted by atomic mass is 9.95. The Morgan fingerprint density at radius 2 is 1.71 bits per heavy atom. The van der Waals surface area contributed by atoms with Gasteiger partial charge in [0.05, 0.1) is 23.8 Å². The molecule has 3 rings (SSSR count). The zero-order chi connectivity index (χ0) is 20.1. The Labute approximate surface area is 168 Å². The molecular formula is C21H20N2O4S. The number of para-hydroxylation sites is 1. The molecule has 0 amide bonds. The van der Waals surface area contributed by atoms with Crippen LogP contribution < -0.4 is 15.4 Å². The topological polar surface area (TPSA) is 76.7 Å². The molecule has 2 N–H and O–H groups in total. The van der Waals surface area contributed by atoms with Gasteiger partial charge in [0, 0.05) is 11.3 Å². The number of hydrogen-bond acceptors (Lipinski definition) is 5. The van der Waals surface area contributed by atoms with Crippen molar-refractivity contribution < 1.29 is 19.1 Å². The summed E-state index contributed by atoms with van der Waals surface area (Å²) in [5.41, 5.74) is 2.02. The average molecular weight is 396 g/mol. The van der Waals surface area contributed by atoms with Gasteiger partial charge in [-0.1, -0.05) is 36.4 Å². The highest BCUT2D eigenvalue weighted by molar-refractivity contribution is 7.80. The second-order valence-electron chi connectivity index (χ2n) is 6.08. The second-order valence-corrected chi connectivity index (χ2v) is 6.49. The number of thiocarbonyl (C=S) groups is 1. The van der Waals surface area contributed by atoms with E-state index in [9.17, 15) is 9.59 Å². The van der Waals surface area contributed by atoms with Crippen molar-refractivity contribution in [3.8, 4) is 5.75 Å². The SMILES string of the molecule is CCOC(=O)C1=C(C)NC(=S)NC1c1ccccc1OC(=O)c1ccccc1. The Hall–Kier alpha value is -3.19. The van der Waals surface area contributed by atoms with Gasteiger partial charge in [0.25, 0.3) is 0 Å². The summed E-state index contributed by atoms with van der Waals surface area (Å²) < 4.78 is 10.8. The third-order valence-electron chi connectivity index (χ3n) is 4.21. The largest absolute Gasteiger partial charge is 0.463 e. The lowest BCUT2D eigenvalue weighted by Gasteiger charge is -2.30. The van der Waals surface area contributed by atoms with Gasteiger partial charge < -0.3 is 20.1 Å². The molecule has 2 aromatic carbocycles. The van der Waals surface area contributed by atoms with Crippen LogP contribution in [0, 0.1) is 0 Å². The van der Waals surface area contributed by atoms with Crippen LogP contribution in [0.15, 0.2) is 65.9 Å². The summed E-state index contributed by atoms with van der Waals surface area (Å²) in [7, 11) is 0. The minimum absolute atomic E-state index is 0.247. The minimum atomic E-state index is -0.604. The van der Waals surface area contributed by atoms with Crippen LogP contribution in [-0.2, 0) is 9.53 Å². The van der Waals surface area contributed by atoms with Crippen LogP contribution in [0.3, 0.4) is 0 Å². The zero-order valence-electron chi connectivity index (χ0n) is 15.5. The van der Waals surface area contributed by atoms with Gasteiger partial charge in [-0.15, -0.1) is 0 Å². The summed E-state index contributed by atoms with van der Waals surface area (Å²) in [6.07, 6.45) is 0. The van der Waals surface area contributed by atoms with Crippen LogP contribution in [0.5, 0.6) is 5.75 Å². The molecule has 1 heterocycles. The van der Waals surface area contributed by atoms with Crippen LogP contribution in [-0.4, -0.2) is 23.7 Å². The van der Waals surface area contributed by atoms with E-state index in [1.54, 1.807) is 62.4 Å². The predicted molar refractivity (Wildman–Crippen MR) is 109 cm³/mol. The minimum Gasteiger partial charge on any atom is -0.463 e. The van der Waals surface area contributed by atoms with Gasteiger partial charge in [0.2, 0.25) is 0 Å². The van der Waals surface area contributed by atoms with Crippen molar-refractivity contribution >= 4 is 29.3 Å². The highest BCUT2D eigenvalue weighted by Crippen LogP contribution is 2.34. The standard InChI is InChI=1S/C21H20N2O4S/c1-3-26-20(25)17-13(2)22-21(28)23-18(17)15-11-7-8-12-16(15)27-19(24)14-9-5-4-6-10-14/h4-12,18H,3H2,1-2H3,(H2,22,23,28). The number of carbonyl (C=O) groups excluding carboxylic acids is 2. The van der Waals surface area contributed by atoms with Crippen molar-refractivity contribution in [3.63, 3.8) is 0 Å². The van der Waals surface area contributed by atoms with E-state index in [-0.39, 0.29) is 6.61 Å². The summed E-state index contributed by atoms with van der Waals surface area (Å²) in [6.45, 7) is 3.75. The van der Waals surface area contributed by atoms with E-state index in [1.165, 1.54) is 0 Å². The molecule has 28 heavy (non-hydrogen) atoms. The van der Waals surface area contributed by atoms with Crippen molar-refractivity contribution in [1.82, 2.24) is 10.6 Å². The number of rotatable bonds is 5. The molecule has 0 saturated heterocycles. The van der Waals surface area contributed by atoms with E-state index in [2.05, 4.69) is 10.6 Å². The van der Waals surface area contributed by atoms with Gasteiger partial charge in [-0.3, -0.25) is 0 Å². The molecular weight excluding hydrogens is 376 g/mol. The molecule has 144 valence electrons. The number of benzene rings is 2. The van der Waals surface area contributed by atoms with Crippen LogP contribution in [0.4, 0.5) is 0 Å². The number of nitrogens with one attached hydrogen (secondary N) is 2. The molecule has 1 aliphatic heterocycles. The lowest BCUT2D eigenvalue weighted by molar-refractivity contribution is -0.139. The number of hydrogen-bond donors (Lipinski definition) is 2. The molecule has 0 spiro atoms. The van der Waals surface area contributed by atoms with E-state index in [0.717, 1.165) is 0 Å². The van der Waals surface area contributed by atoms with Gasteiger partial charge in [-0.05, 0) is 44.3 Å². The lowest BCUT2D eigenvalue weighted by Crippen LogP contribution is -2.45. The summed E-state index contributed by atoms with van der Waals surface area (Å²) in [4.78, 5) is 25.1. The number of allylic oxidation sites excluding steroid dienone is 1. The van der Waals surface area contributed by atoms with E-state index in [1.807, 2.05) is 6.07 Å². The molecule has 0 fully saturated rings. The molecule has 2 aromatic rings. The maximum atomic E-state index is 12.5. The van der Waals surface area contributed by atoms with Crippen molar-refractivity contribution in [2.24, 2.45) is 0 Å². The smallest absolute Gasteiger partial charge is 0.343 e. The first-order chi connectivity index (χ1) is 13.5. The second kappa shape index (κ2) is 8.67. The molecule has 6 nitrogen and oxygen atoms in total. The summed E-state index contributed by atoms with van der Waals surface area (Å²) in [5, 5.41) is 6.40. The Kier molecular flexibility index (Phi) is 6.06. The molecule has 0 bridgehead atoms. The van der Waals surface area contributed by atoms with E-state index >= 15 is 0 Å². The van der Waals surface area contributed by atoms with Crippen molar-refractivity contribution in [2.75, 3.05) is 6.61 Å². The molecule has 0 saturated carbocycles. The number of ether oxygens (including phenoxy) is 2. The first kappa shape index (κ1) is 19.6. The Morgan fingerprint density at radius 1 is 1.04 bits per heavy atom. The van der Waals surface area contributed by atoms with E-state index in [4.69, 9.17) is 21.7 Å². The fourth-order valence-electron chi connectivity index (χ4n) is 2.95. The zero-order valence-corrected chi connectivity index (χ0v) is 16.3. The molecule has 1 unspecified atom stereocenters. The van der Waals surface area contributed by atoms with Crippen LogP contribution in [0.1, 0.15) is 35.8 Å². The Balaban J connectivity index is 1.98. The van der Waals surface area contributed by atoms with Crippen molar-refractivity contribution in [3.05, 3.63) is 77.0 Å². The van der Waals surface area contributed by atoms with Crippen molar-refractivity contribution in [2.45, 2.75) is 19.9 Å². The first-order valence-corrected chi connectivity index (χ1v) is 9.23. The summed E-state index contributed by atoms with van der Waals surface area (Å²) in [5.74, 6) is -0.604. The Bertz CT molecular complexity index is 940. The number of esters is 2. The molecule has 7 heteroatoms. The highest BCUT2D eigenvalue weighted by atomic mass is 32.1. The maximum absolute atomic E-state index is 12.5. The summed E-state index contributed by atoms with van der Waals surface area (Å²) in [6, 6.07) is 15.1. The molecule has 1 aliphatic rings. The quantitative estimate of drug-likeness (QED) is 0.456. The van der Waals surface area contributed by atoms with E-state index in [0.29, 0.717) is 33.3 Å². The van der Waals surface area contributed by atoms with Gasteiger partial charge >= 0.3 is 11.9 Å². The molecule has 1 atom stereocenters. The van der Waals surface area contributed by atoms with Gasteiger partial charge in [0.15, 0.2) is 5.11 Å². The van der Waals surface area contributed by atoms with Crippen LogP contribution in [0.25, 0.3) is 0 Å². The molecule has 0 aromatic heterocycles. The highest BCUT2D eigenvalue weighted by Gasteiger charge is 2.33. The fraction of sp³-hybridized carbons (Fsp3) is 0.190. The van der Waals surface area contributed by atoms with Crippen LogP contribution >= 0.6 is 12.2 Å². The van der Waals surface area contributed by atoms with Gasteiger partial charge in [-0.25, -0.2) is 9.59 Å². The average Bonchev–Trinajstić information content (AvgIpc) is 2.68. The molecule has 0 radical (unpaired) electrons. The predicted octanol–water partition coefficient (Wildman–Crippen LogP) is 3.26. The number of carbonyl (C=O) groups is 2. The van der Waals surface area contributed by atoms with Gasteiger partial charge in [0.1, 0.15) is 5.75 Å². The third kappa shape index (κ3) is 4.20. The first-order valence-electron chi connectivity index (χ1n) is 8.82. The fourth-order valence-corrected chi connectivity index (χ4v) is 3.22. The van der Waals surface area contributed by atoms with Crippen molar-refractivity contribution in [1.29, 1.82) is 0 Å².